The maximum Gasteiger partial charge on any atom is 0.280 e. The summed E-state index contributed by atoms with van der Waals surface area (Å²) in [4.78, 5) is 25.6. The van der Waals surface area contributed by atoms with Gasteiger partial charge in [-0.2, -0.15) is 0 Å². The number of amides is 1. The number of hydroxylamine groups is 1. The van der Waals surface area contributed by atoms with Gasteiger partial charge in [0.1, 0.15) is 17.2 Å². The van der Waals surface area contributed by atoms with E-state index in [1.807, 2.05) is 35.8 Å². The highest BCUT2D eigenvalue weighted by molar-refractivity contribution is 5.94. The van der Waals surface area contributed by atoms with Crippen molar-refractivity contribution in [2.75, 3.05) is 23.6 Å². The molecule has 9 nitrogen and oxygen atoms in total. The molecule has 0 atom stereocenters. The lowest BCUT2D eigenvalue weighted by Gasteiger charge is -2.18. The van der Waals surface area contributed by atoms with E-state index in [0.717, 1.165) is 28.6 Å². The number of halogens is 2. The third kappa shape index (κ3) is 4.60. The summed E-state index contributed by atoms with van der Waals surface area (Å²) in [7, 11) is 0. The third-order valence-electron chi connectivity index (χ3n) is 5.39. The molecule has 35 heavy (non-hydrogen) atoms. The van der Waals surface area contributed by atoms with E-state index in [2.05, 4.69) is 25.8 Å². The van der Waals surface area contributed by atoms with Gasteiger partial charge in [0.2, 0.25) is 0 Å². The lowest BCUT2D eigenvalue weighted by Crippen LogP contribution is -2.35. The second kappa shape index (κ2) is 9.58. The quantitative estimate of drug-likeness (QED) is 0.237. The second-order valence-corrected chi connectivity index (χ2v) is 7.74. The zero-order valence-corrected chi connectivity index (χ0v) is 18.3. The van der Waals surface area contributed by atoms with Gasteiger partial charge in [-0.25, -0.2) is 19.2 Å². The van der Waals surface area contributed by atoms with E-state index in [9.17, 15) is 13.6 Å². The van der Waals surface area contributed by atoms with Crippen molar-refractivity contribution in [3.63, 3.8) is 0 Å². The number of fused-ring (bicyclic) bond motifs is 2. The molecule has 1 aliphatic heterocycles. The summed E-state index contributed by atoms with van der Waals surface area (Å²) in [6, 6.07) is 15.2. The van der Waals surface area contributed by atoms with Crippen molar-refractivity contribution in [1.29, 1.82) is 0 Å². The fraction of sp³-hybridized carbons (Fsp3) is 0.125. The van der Waals surface area contributed by atoms with Crippen LogP contribution >= 0.6 is 0 Å². The van der Waals surface area contributed by atoms with E-state index in [1.165, 1.54) is 0 Å². The number of nitrogens with zero attached hydrogens (tertiary/aromatic N) is 3. The average molecular weight is 478 g/mol. The molecule has 1 amide bonds. The van der Waals surface area contributed by atoms with E-state index < -0.39 is 23.1 Å². The molecule has 178 valence electrons. The van der Waals surface area contributed by atoms with Crippen molar-refractivity contribution in [1.82, 2.24) is 21.0 Å². The molecular weight excluding hydrogens is 458 g/mol. The Bertz CT molecular complexity index is 1390. The van der Waals surface area contributed by atoms with Gasteiger partial charge in [0.15, 0.2) is 5.82 Å². The number of hydrogen-bond acceptors (Lipinski definition) is 8. The summed E-state index contributed by atoms with van der Waals surface area (Å²) in [5.74, 6) is -2.67. The summed E-state index contributed by atoms with van der Waals surface area (Å²) >= 11 is 0. The van der Waals surface area contributed by atoms with Gasteiger partial charge in [-0.15, -0.1) is 5.53 Å². The van der Waals surface area contributed by atoms with Crippen molar-refractivity contribution < 1.29 is 23.5 Å². The number of aliphatic hydroxyl groups is 1. The van der Waals surface area contributed by atoms with Gasteiger partial charge in [0.05, 0.1) is 36.7 Å². The van der Waals surface area contributed by atoms with Crippen molar-refractivity contribution in [2.24, 2.45) is 0 Å². The third-order valence-corrected chi connectivity index (χ3v) is 5.39. The maximum absolute atomic E-state index is 14.6. The molecule has 0 radical (unpaired) electrons. The average Bonchev–Trinajstić information content (AvgIpc) is 3.25. The molecule has 0 spiro atoms. The van der Waals surface area contributed by atoms with Crippen LogP contribution in [-0.4, -0.2) is 34.2 Å². The minimum absolute atomic E-state index is 0.166. The van der Waals surface area contributed by atoms with Crippen molar-refractivity contribution >= 4 is 28.3 Å². The molecule has 1 aliphatic rings. The summed E-state index contributed by atoms with van der Waals surface area (Å²) in [5, 5.41) is 11.5. The summed E-state index contributed by atoms with van der Waals surface area (Å²) in [6.07, 6.45) is 1.74. The Morgan fingerprint density at radius 2 is 1.94 bits per heavy atom. The van der Waals surface area contributed by atoms with Crippen LogP contribution in [0.25, 0.3) is 22.2 Å². The van der Waals surface area contributed by atoms with Crippen LogP contribution in [0, 0.1) is 11.6 Å². The SMILES string of the molecule is O=C(NOCCO)c1c(F)cc(-c2ccc3c(n2)N(Cc2ccc4ncccc4c2)NN3)cc1F. The van der Waals surface area contributed by atoms with Gasteiger partial charge >= 0.3 is 0 Å². The Morgan fingerprint density at radius 1 is 1.11 bits per heavy atom. The first-order valence-corrected chi connectivity index (χ1v) is 10.7. The van der Waals surface area contributed by atoms with Crippen LogP contribution < -0.4 is 21.4 Å². The Hall–Kier alpha value is -4.19. The highest BCUT2D eigenvalue weighted by Gasteiger charge is 2.23. The van der Waals surface area contributed by atoms with Crippen LogP contribution in [0.15, 0.2) is 60.8 Å². The molecular formula is C24H20F2N6O3. The molecule has 2 aromatic carbocycles. The number of carbonyl (C=O) groups excluding carboxylic acids is 1. The van der Waals surface area contributed by atoms with E-state index in [0.29, 0.717) is 23.7 Å². The number of rotatable bonds is 7. The zero-order valence-electron chi connectivity index (χ0n) is 18.3. The lowest BCUT2D eigenvalue weighted by atomic mass is 10.1. The molecule has 0 saturated heterocycles. The molecule has 0 fully saturated rings. The van der Waals surface area contributed by atoms with Crippen LogP contribution in [0.5, 0.6) is 0 Å². The fourth-order valence-corrected chi connectivity index (χ4v) is 3.76. The van der Waals surface area contributed by atoms with Crippen molar-refractivity contribution in [2.45, 2.75) is 6.54 Å². The molecule has 0 saturated carbocycles. The van der Waals surface area contributed by atoms with Gasteiger partial charge in [0, 0.05) is 17.1 Å². The Kier molecular flexibility index (Phi) is 6.19. The Balaban J connectivity index is 1.40. The lowest BCUT2D eigenvalue weighted by molar-refractivity contribution is 0.0162. The first-order valence-electron chi connectivity index (χ1n) is 10.7. The maximum atomic E-state index is 14.6. The van der Waals surface area contributed by atoms with Crippen LogP contribution in [0.1, 0.15) is 15.9 Å². The van der Waals surface area contributed by atoms with Gasteiger partial charge in [-0.05, 0) is 48.0 Å². The van der Waals surface area contributed by atoms with Gasteiger partial charge in [-0.1, -0.05) is 12.1 Å². The van der Waals surface area contributed by atoms with Crippen molar-refractivity contribution in [3.8, 4) is 11.3 Å². The molecule has 0 aliphatic carbocycles. The largest absolute Gasteiger partial charge is 0.394 e. The highest BCUT2D eigenvalue weighted by Crippen LogP contribution is 2.32. The normalized spacial score (nSPS) is 12.5. The fourth-order valence-electron chi connectivity index (χ4n) is 3.76. The Labute approximate surface area is 198 Å². The molecule has 11 heteroatoms. The molecule has 0 bridgehead atoms. The monoisotopic (exact) mass is 478 g/mol. The first-order chi connectivity index (χ1) is 17.0. The van der Waals surface area contributed by atoms with E-state index in [1.54, 1.807) is 23.3 Å². The minimum Gasteiger partial charge on any atom is -0.394 e. The zero-order chi connectivity index (χ0) is 24.4. The van der Waals surface area contributed by atoms with Crippen LogP contribution in [0.3, 0.4) is 0 Å². The number of hydrogen-bond donors (Lipinski definition) is 4. The smallest absolute Gasteiger partial charge is 0.280 e. The van der Waals surface area contributed by atoms with E-state index >= 15 is 0 Å². The van der Waals surface area contributed by atoms with E-state index in [-0.39, 0.29) is 18.8 Å². The van der Waals surface area contributed by atoms with E-state index in [4.69, 9.17) is 5.11 Å². The van der Waals surface area contributed by atoms with Gasteiger partial charge in [0.25, 0.3) is 5.91 Å². The van der Waals surface area contributed by atoms with Crippen LogP contribution in [0.2, 0.25) is 0 Å². The number of carbonyl (C=O) groups is 1. The van der Waals surface area contributed by atoms with Gasteiger partial charge < -0.3 is 10.5 Å². The number of hydrazine groups is 2. The molecule has 3 heterocycles. The minimum atomic E-state index is -1.09. The molecule has 2 aromatic heterocycles. The number of aromatic nitrogens is 2. The number of benzene rings is 2. The van der Waals surface area contributed by atoms with Crippen molar-refractivity contribution in [3.05, 3.63) is 83.6 Å². The number of pyridine rings is 2. The summed E-state index contributed by atoms with van der Waals surface area (Å²) in [5.41, 5.74) is 10.3. The van der Waals surface area contributed by atoms with Crippen LogP contribution in [-0.2, 0) is 11.4 Å². The Morgan fingerprint density at radius 3 is 2.74 bits per heavy atom. The predicted octanol–water partition coefficient (Wildman–Crippen LogP) is 3.08. The summed E-state index contributed by atoms with van der Waals surface area (Å²) < 4.78 is 29.3. The number of anilines is 2. The molecule has 0 unspecified atom stereocenters. The molecule has 5 rings (SSSR count). The van der Waals surface area contributed by atoms with Gasteiger partial charge in [-0.3, -0.25) is 19.6 Å². The predicted molar refractivity (Wildman–Crippen MR) is 125 cm³/mol. The number of aliphatic hydroxyl groups excluding tert-OH is 1. The number of nitrogens with one attached hydrogen (secondary N) is 3. The molecule has 4 N–H and O–H groups in total. The highest BCUT2D eigenvalue weighted by atomic mass is 19.1. The molecule has 4 aromatic rings. The topological polar surface area (TPSA) is 112 Å². The summed E-state index contributed by atoms with van der Waals surface area (Å²) in [6.45, 7) is -0.0925. The van der Waals surface area contributed by atoms with Crippen LogP contribution in [0.4, 0.5) is 20.3 Å². The standard InChI is InChI=1S/C24H20F2N6O3/c25-17-11-16(12-18(26)22(17)24(34)30-35-9-8-33)20-5-6-21-23(28-20)32(31-29-21)13-14-3-4-19-15(10-14)2-1-7-27-19/h1-7,10-12,29,31,33H,8-9,13H2,(H,30,34). The first kappa shape index (κ1) is 22.6. The second-order valence-electron chi connectivity index (χ2n) is 7.74.